The van der Waals surface area contributed by atoms with Crippen molar-refractivity contribution in [2.24, 2.45) is 11.8 Å². The monoisotopic (exact) mass is 296 g/mol. The molecule has 1 aliphatic carbocycles. The van der Waals surface area contributed by atoms with Crippen LogP contribution in [-0.4, -0.2) is 60.5 Å². The first-order valence-corrected chi connectivity index (χ1v) is 7.32. The summed E-state index contributed by atoms with van der Waals surface area (Å²) in [4.78, 5) is 24.0. The molecular formula is C14H20N2O5. The van der Waals surface area contributed by atoms with Gasteiger partial charge in [0.25, 0.3) is 0 Å². The van der Waals surface area contributed by atoms with Gasteiger partial charge in [-0.15, -0.1) is 0 Å². The molecule has 4 atom stereocenters. The van der Waals surface area contributed by atoms with Crippen LogP contribution in [0, 0.1) is 11.8 Å². The van der Waals surface area contributed by atoms with E-state index in [9.17, 15) is 14.7 Å². The van der Waals surface area contributed by atoms with Crippen LogP contribution in [0.2, 0.25) is 0 Å². The average Bonchev–Trinajstić information content (AvgIpc) is 3.37. The van der Waals surface area contributed by atoms with Gasteiger partial charge >= 0.3 is 5.97 Å². The summed E-state index contributed by atoms with van der Waals surface area (Å²) < 4.78 is 10.3. The number of ether oxygens (including phenoxy) is 2. The molecular weight excluding hydrogens is 276 g/mol. The van der Waals surface area contributed by atoms with Gasteiger partial charge in [0, 0.05) is 6.54 Å². The van der Waals surface area contributed by atoms with Gasteiger partial charge in [-0.05, 0) is 12.8 Å². The third-order valence-electron chi connectivity index (χ3n) is 3.99. The highest BCUT2D eigenvalue weighted by Crippen LogP contribution is 2.27. The number of nitrogens with one attached hydrogen (secondary N) is 1. The van der Waals surface area contributed by atoms with E-state index in [2.05, 4.69) is 5.43 Å². The Morgan fingerprint density at radius 2 is 2.00 bits per heavy atom. The van der Waals surface area contributed by atoms with Gasteiger partial charge in [0.15, 0.2) is 0 Å². The van der Waals surface area contributed by atoms with E-state index in [1.165, 1.54) is 5.01 Å². The fourth-order valence-electron chi connectivity index (χ4n) is 2.55. The number of allylic oxidation sites excluding steroid dienone is 1. The van der Waals surface area contributed by atoms with Crippen molar-refractivity contribution in [1.82, 2.24) is 10.4 Å². The number of nitrogens with zero attached hydrogens (tertiary/aromatic N) is 1. The number of hydrazine groups is 1. The molecule has 2 fully saturated rings. The molecule has 21 heavy (non-hydrogen) atoms. The second-order valence-corrected chi connectivity index (χ2v) is 5.70. The van der Waals surface area contributed by atoms with Crippen molar-refractivity contribution in [3.63, 3.8) is 0 Å². The Kier molecular flexibility index (Phi) is 4.23. The maximum absolute atomic E-state index is 12.7. The van der Waals surface area contributed by atoms with Crippen molar-refractivity contribution in [1.29, 1.82) is 0 Å². The van der Waals surface area contributed by atoms with Gasteiger partial charge in [-0.25, -0.2) is 5.43 Å². The van der Waals surface area contributed by atoms with Crippen LogP contribution >= 0.6 is 0 Å². The van der Waals surface area contributed by atoms with Crippen LogP contribution in [0.5, 0.6) is 0 Å². The Labute approximate surface area is 122 Å². The summed E-state index contributed by atoms with van der Waals surface area (Å²) in [5.74, 6) is -2.37. The first-order chi connectivity index (χ1) is 10.1. The Morgan fingerprint density at radius 1 is 1.29 bits per heavy atom. The highest BCUT2D eigenvalue weighted by molar-refractivity contribution is 5.86. The van der Waals surface area contributed by atoms with Gasteiger partial charge < -0.3 is 14.6 Å². The van der Waals surface area contributed by atoms with E-state index in [-0.39, 0.29) is 18.1 Å². The van der Waals surface area contributed by atoms with Crippen LogP contribution in [0.1, 0.15) is 12.8 Å². The summed E-state index contributed by atoms with van der Waals surface area (Å²) in [6.45, 7) is 2.36. The number of carbonyl (C=O) groups excluding carboxylic acids is 1. The molecule has 3 rings (SSSR count). The quantitative estimate of drug-likeness (QED) is 0.383. The van der Waals surface area contributed by atoms with Gasteiger partial charge in [-0.2, -0.15) is 0 Å². The van der Waals surface area contributed by atoms with Gasteiger partial charge in [-0.3, -0.25) is 14.6 Å². The minimum absolute atomic E-state index is 0.0532. The molecule has 116 valence electrons. The fourth-order valence-corrected chi connectivity index (χ4v) is 2.55. The molecule has 0 saturated carbocycles. The largest absolute Gasteiger partial charge is 0.481 e. The molecule has 0 aromatic rings. The van der Waals surface area contributed by atoms with E-state index < -0.39 is 17.8 Å². The molecule has 2 N–H and O–H groups in total. The molecule has 0 radical (unpaired) electrons. The lowest BCUT2D eigenvalue weighted by molar-refractivity contribution is -0.150. The SMILES string of the molecule is O=C(O)C1CCC=CC1C(=O)N(CC1CO1)NCC1CO1. The van der Waals surface area contributed by atoms with Gasteiger partial charge in [-0.1, -0.05) is 12.2 Å². The molecule has 0 bridgehead atoms. The topological polar surface area (TPSA) is 94.7 Å². The van der Waals surface area contributed by atoms with Crippen LogP contribution < -0.4 is 5.43 Å². The molecule has 2 saturated heterocycles. The normalized spacial score (nSPS) is 33.5. The van der Waals surface area contributed by atoms with Gasteiger partial charge in [0.05, 0.1) is 37.7 Å². The van der Waals surface area contributed by atoms with Gasteiger partial charge in [0.1, 0.15) is 6.10 Å². The first kappa shape index (κ1) is 14.5. The lowest BCUT2D eigenvalue weighted by Crippen LogP contribution is -2.51. The predicted octanol–water partition coefficient (Wildman–Crippen LogP) is -0.216. The second-order valence-electron chi connectivity index (χ2n) is 5.70. The van der Waals surface area contributed by atoms with Crippen LogP contribution in [0.4, 0.5) is 0 Å². The number of carboxylic acid groups (broad SMARTS) is 1. The fraction of sp³-hybridized carbons (Fsp3) is 0.714. The summed E-state index contributed by atoms with van der Waals surface area (Å²) in [6.07, 6.45) is 5.02. The highest BCUT2D eigenvalue weighted by Gasteiger charge is 2.38. The van der Waals surface area contributed by atoms with Crippen molar-refractivity contribution >= 4 is 11.9 Å². The van der Waals surface area contributed by atoms with Crippen molar-refractivity contribution in [3.05, 3.63) is 12.2 Å². The Morgan fingerprint density at radius 3 is 2.62 bits per heavy atom. The van der Waals surface area contributed by atoms with E-state index >= 15 is 0 Å². The minimum atomic E-state index is -0.911. The third-order valence-corrected chi connectivity index (χ3v) is 3.99. The Bertz CT molecular complexity index is 445. The highest BCUT2D eigenvalue weighted by atomic mass is 16.6. The number of carbonyl (C=O) groups is 2. The molecule has 3 aliphatic rings. The van der Waals surface area contributed by atoms with E-state index in [0.717, 1.165) is 0 Å². The van der Waals surface area contributed by atoms with Crippen LogP contribution in [-0.2, 0) is 19.1 Å². The summed E-state index contributed by atoms with van der Waals surface area (Å²) in [6, 6.07) is 0. The summed E-state index contributed by atoms with van der Waals surface area (Å²) in [7, 11) is 0. The third kappa shape index (κ3) is 3.81. The molecule has 0 aromatic carbocycles. The van der Waals surface area contributed by atoms with Crippen LogP contribution in [0.3, 0.4) is 0 Å². The summed E-state index contributed by atoms with van der Waals surface area (Å²) in [5.41, 5.74) is 3.06. The standard InChI is InChI=1S/C14H20N2O5/c17-13(11-3-1-2-4-12(11)14(18)19)16(6-10-8-21-10)15-5-9-7-20-9/h1,3,9-12,15H,2,4-8H2,(H,18,19). The minimum Gasteiger partial charge on any atom is -0.481 e. The maximum Gasteiger partial charge on any atom is 0.307 e. The Balaban J connectivity index is 1.66. The molecule has 1 amide bonds. The molecule has 4 unspecified atom stereocenters. The predicted molar refractivity (Wildman–Crippen MR) is 72.2 cm³/mol. The zero-order chi connectivity index (χ0) is 14.8. The lowest BCUT2D eigenvalue weighted by Gasteiger charge is -2.30. The molecule has 2 aliphatic heterocycles. The zero-order valence-electron chi connectivity index (χ0n) is 11.7. The van der Waals surface area contributed by atoms with Crippen molar-refractivity contribution in [2.75, 3.05) is 26.3 Å². The first-order valence-electron chi connectivity index (χ1n) is 7.32. The molecule has 7 nitrogen and oxygen atoms in total. The van der Waals surface area contributed by atoms with Crippen molar-refractivity contribution in [3.8, 4) is 0 Å². The smallest absolute Gasteiger partial charge is 0.307 e. The molecule has 7 heteroatoms. The van der Waals surface area contributed by atoms with Crippen molar-refractivity contribution in [2.45, 2.75) is 25.0 Å². The molecule has 2 heterocycles. The zero-order valence-corrected chi connectivity index (χ0v) is 11.7. The van der Waals surface area contributed by atoms with E-state index in [1.54, 1.807) is 6.08 Å². The number of amides is 1. The number of hydrogen-bond donors (Lipinski definition) is 2. The number of carboxylic acids is 1. The lowest BCUT2D eigenvalue weighted by atomic mass is 9.83. The van der Waals surface area contributed by atoms with E-state index in [0.29, 0.717) is 39.1 Å². The number of aliphatic carboxylic acids is 1. The van der Waals surface area contributed by atoms with E-state index in [1.807, 2.05) is 6.08 Å². The number of epoxide rings is 2. The van der Waals surface area contributed by atoms with Crippen LogP contribution in [0.15, 0.2) is 12.2 Å². The Hall–Kier alpha value is -1.44. The molecule has 0 aromatic heterocycles. The van der Waals surface area contributed by atoms with Crippen molar-refractivity contribution < 1.29 is 24.2 Å². The number of hydrogen-bond acceptors (Lipinski definition) is 5. The van der Waals surface area contributed by atoms with Gasteiger partial charge in [0.2, 0.25) is 5.91 Å². The maximum atomic E-state index is 12.7. The van der Waals surface area contributed by atoms with Crippen LogP contribution in [0.25, 0.3) is 0 Å². The summed E-state index contributed by atoms with van der Waals surface area (Å²) >= 11 is 0. The summed E-state index contributed by atoms with van der Waals surface area (Å²) in [5, 5.41) is 10.8. The molecule has 0 spiro atoms. The average molecular weight is 296 g/mol. The number of rotatable bonds is 7. The second kappa shape index (κ2) is 6.13. The van der Waals surface area contributed by atoms with E-state index in [4.69, 9.17) is 9.47 Å².